The van der Waals surface area contributed by atoms with Crippen LogP contribution in [-0.2, 0) is 11.3 Å². The van der Waals surface area contributed by atoms with Gasteiger partial charge in [0.05, 0.1) is 22.3 Å². The Hall–Kier alpha value is -4.72. The number of rotatable bonds is 6. The van der Waals surface area contributed by atoms with Crippen LogP contribution in [0.4, 0.5) is 0 Å². The van der Waals surface area contributed by atoms with Crippen LogP contribution in [0.1, 0.15) is 23.2 Å². The molecule has 8 nitrogen and oxygen atoms in total. The van der Waals surface area contributed by atoms with Gasteiger partial charge in [0, 0.05) is 23.9 Å². The number of pyridine rings is 1. The van der Waals surface area contributed by atoms with Crippen molar-refractivity contribution in [1.82, 2.24) is 20.4 Å². The molecule has 35 heavy (non-hydrogen) atoms. The summed E-state index contributed by atoms with van der Waals surface area (Å²) in [5.74, 6) is -1.26. The van der Waals surface area contributed by atoms with Crippen LogP contribution in [0.25, 0.3) is 33.3 Å². The van der Waals surface area contributed by atoms with Crippen molar-refractivity contribution in [2.24, 2.45) is 0 Å². The summed E-state index contributed by atoms with van der Waals surface area (Å²) in [5.41, 5.74) is 8.81. The highest BCUT2D eigenvalue weighted by Gasteiger charge is 2.15. The first-order valence-electron chi connectivity index (χ1n) is 11.2. The van der Waals surface area contributed by atoms with Gasteiger partial charge in [-0.15, -0.1) is 0 Å². The number of hydrogen-bond acceptors (Lipinski definition) is 5. The van der Waals surface area contributed by atoms with Crippen molar-refractivity contribution in [3.8, 4) is 11.3 Å². The average Bonchev–Trinajstić information content (AvgIpc) is 3.22. The van der Waals surface area contributed by atoms with Gasteiger partial charge < -0.3 is 4.42 Å². The minimum absolute atomic E-state index is 0.124. The van der Waals surface area contributed by atoms with E-state index in [0.29, 0.717) is 46.2 Å². The van der Waals surface area contributed by atoms with Crippen LogP contribution in [0.2, 0.25) is 0 Å². The lowest BCUT2D eigenvalue weighted by Gasteiger charge is -2.11. The molecule has 2 N–H and O–H groups in total. The number of hydrazine groups is 1. The zero-order valence-electron chi connectivity index (χ0n) is 18.7. The van der Waals surface area contributed by atoms with Gasteiger partial charge in [0.2, 0.25) is 5.91 Å². The molecule has 0 aliphatic carbocycles. The predicted octanol–water partition coefficient (Wildman–Crippen LogP) is 4.05. The standard InChI is InChI=1S/C27H22N4O4/c32-25(15-8-16-31-23-13-6-7-14-24(23)35-27(31)34)29-30-26(33)20-17-22(18-9-2-1-3-10-18)28-21-12-5-4-11-19(20)21/h1-7,9-14,17H,8,15-16H2,(H,29,32)(H,30,33). The lowest BCUT2D eigenvalue weighted by molar-refractivity contribution is -0.122. The van der Waals surface area contributed by atoms with E-state index in [-0.39, 0.29) is 12.3 Å². The zero-order valence-corrected chi connectivity index (χ0v) is 18.7. The van der Waals surface area contributed by atoms with E-state index in [1.54, 1.807) is 24.3 Å². The summed E-state index contributed by atoms with van der Waals surface area (Å²) in [6.45, 7) is 0.326. The van der Waals surface area contributed by atoms with Gasteiger partial charge in [-0.2, -0.15) is 0 Å². The third kappa shape index (κ3) is 4.67. The molecule has 2 heterocycles. The lowest BCUT2D eigenvalue weighted by atomic mass is 10.0. The van der Waals surface area contributed by atoms with E-state index in [1.807, 2.05) is 60.7 Å². The largest absolute Gasteiger partial charge is 0.419 e. The number of benzene rings is 3. The Morgan fingerprint density at radius 3 is 2.49 bits per heavy atom. The Labute approximate surface area is 200 Å². The summed E-state index contributed by atoms with van der Waals surface area (Å²) >= 11 is 0. The number of hydrogen-bond donors (Lipinski definition) is 2. The van der Waals surface area contributed by atoms with Gasteiger partial charge in [0.15, 0.2) is 5.58 Å². The molecule has 0 spiro atoms. The third-order valence-electron chi connectivity index (χ3n) is 5.71. The molecule has 0 unspecified atom stereocenters. The fraction of sp³-hybridized carbons (Fsp3) is 0.111. The van der Waals surface area contributed by atoms with Gasteiger partial charge in [0.25, 0.3) is 5.91 Å². The van der Waals surface area contributed by atoms with Gasteiger partial charge in [-0.3, -0.25) is 25.0 Å². The number of amides is 2. The van der Waals surface area contributed by atoms with Crippen molar-refractivity contribution in [2.75, 3.05) is 0 Å². The Morgan fingerprint density at radius 2 is 1.63 bits per heavy atom. The molecule has 0 atom stereocenters. The maximum atomic E-state index is 13.0. The fourth-order valence-corrected chi connectivity index (χ4v) is 4.00. The summed E-state index contributed by atoms with van der Waals surface area (Å²) in [7, 11) is 0. The lowest BCUT2D eigenvalue weighted by Crippen LogP contribution is -2.41. The molecule has 3 aromatic carbocycles. The topological polar surface area (TPSA) is 106 Å². The summed E-state index contributed by atoms with van der Waals surface area (Å²) in [6.07, 6.45) is 0.528. The molecular weight excluding hydrogens is 444 g/mol. The number of oxazole rings is 1. The molecular formula is C27H22N4O4. The van der Waals surface area contributed by atoms with Crippen LogP contribution in [0, 0.1) is 0 Å². The normalized spacial score (nSPS) is 11.0. The SMILES string of the molecule is O=C(CCCn1c(=O)oc2ccccc21)NNC(=O)c1cc(-c2ccccc2)nc2ccccc12. The highest BCUT2D eigenvalue weighted by molar-refractivity contribution is 6.07. The molecule has 8 heteroatoms. The predicted molar refractivity (Wildman–Crippen MR) is 132 cm³/mol. The van der Waals surface area contributed by atoms with E-state index >= 15 is 0 Å². The monoisotopic (exact) mass is 466 g/mol. The highest BCUT2D eigenvalue weighted by atomic mass is 16.4. The number of para-hydroxylation sites is 3. The maximum Gasteiger partial charge on any atom is 0.419 e. The van der Waals surface area contributed by atoms with Crippen LogP contribution in [-0.4, -0.2) is 21.4 Å². The van der Waals surface area contributed by atoms with E-state index in [0.717, 1.165) is 5.56 Å². The van der Waals surface area contributed by atoms with Crippen LogP contribution < -0.4 is 16.6 Å². The molecule has 5 aromatic rings. The first-order chi connectivity index (χ1) is 17.1. The number of aryl methyl sites for hydroxylation is 1. The second-order valence-corrected chi connectivity index (χ2v) is 8.03. The van der Waals surface area contributed by atoms with Crippen molar-refractivity contribution >= 4 is 33.8 Å². The van der Waals surface area contributed by atoms with Gasteiger partial charge >= 0.3 is 5.76 Å². The summed E-state index contributed by atoms with van der Waals surface area (Å²) < 4.78 is 6.70. The Bertz CT molecular complexity index is 1590. The number of carbonyl (C=O) groups is 2. The second kappa shape index (κ2) is 9.64. The van der Waals surface area contributed by atoms with Crippen molar-refractivity contribution in [2.45, 2.75) is 19.4 Å². The molecule has 0 bridgehead atoms. The van der Waals surface area contributed by atoms with Crippen molar-refractivity contribution < 1.29 is 14.0 Å². The van der Waals surface area contributed by atoms with E-state index in [1.165, 1.54) is 4.57 Å². The van der Waals surface area contributed by atoms with E-state index in [4.69, 9.17) is 4.42 Å². The fourth-order valence-electron chi connectivity index (χ4n) is 4.00. The third-order valence-corrected chi connectivity index (χ3v) is 5.71. The number of nitrogens with one attached hydrogen (secondary N) is 2. The maximum absolute atomic E-state index is 13.0. The molecule has 0 fully saturated rings. The van der Waals surface area contributed by atoms with Crippen LogP contribution in [0.15, 0.2) is 94.1 Å². The van der Waals surface area contributed by atoms with Crippen molar-refractivity contribution in [3.05, 3.63) is 101 Å². The average molecular weight is 466 g/mol. The van der Waals surface area contributed by atoms with Crippen LogP contribution in [0.3, 0.4) is 0 Å². The molecule has 0 aliphatic rings. The molecule has 0 aliphatic heterocycles. The molecule has 0 saturated heterocycles. The molecule has 0 radical (unpaired) electrons. The number of aromatic nitrogens is 2. The Balaban J connectivity index is 1.25. The van der Waals surface area contributed by atoms with Crippen LogP contribution >= 0.6 is 0 Å². The highest BCUT2D eigenvalue weighted by Crippen LogP contribution is 2.24. The molecule has 2 amide bonds. The number of nitrogens with zero attached hydrogens (tertiary/aromatic N) is 2. The minimum Gasteiger partial charge on any atom is -0.408 e. The summed E-state index contributed by atoms with van der Waals surface area (Å²) in [5, 5.41) is 0.685. The summed E-state index contributed by atoms with van der Waals surface area (Å²) in [4.78, 5) is 42.1. The molecule has 5 rings (SSSR count). The van der Waals surface area contributed by atoms with Gasteiger partial charge in [-0.25, -0.2) is 9.78 Å². The first kappa shape index (κ1) is 22.1. The Kier molecular flexibility index (Phi) is 6.09. The van der Waals surface area contributed by atoms with E-state index in [2.05, 4.69) is 15.8 Å². The van der Waals surface area contributed by atoms with Crippen molar-refractivity contribution in [1.29, 1.82) is 0 Å². The van der Waals surface area contributed by atoms with E-state index < -0.39 is 11.7 Å². The number of fused-ring (bicyclic) bond motifs is 2. The van der Waals surface area contributed by atoms with Crippen molar-refractivity contribution in [3.63, 3.8) is 0 Å². The zero-order chi connectivity index (χ0) is 24.2. The molecule has 0 saturated carbocycles. The van der Waals surface area contributed by atoms with E-state index in [9.17, 15) is 14.4 Å². The van der Waals surface area contributed by atoms with Crippen LogP contribution in [0.5, 0.6) is 0 Å². The number of carbonyl (C=O) groups excluding carboxylic acids is 2. The van der Waals surface area contributed by atoms with Gasteiger partial charge in [-0.1, -0.05) is 60.7 Å². The first-order valence-corrected chi connectivity index (χ1v) is 11.2. The van der Waals surface area contributed by atoms with Gasteiger partial charge in [0.1, 0.15) is 0 Å². The van der Waals surface area contributed by atoms with Gasteiger partial charge in [-0.05, 0) is 30.7 Å². The Morgan fingerprint density at radius 1 is 0.886 bits per heavy atom. The molecule has 2 aromatic heterocycles. The second-order valence-electron chi connectivity index (χ2n) is 8.03. The summed E-state index contributed by atoms with van der Waals surface area (Å²) in [6, 6.07) is 25.8. The quantitative estimate of drug-likeness (QED) is 0.367. The smallest absolute Gasteiger partial charge is 0.408 e. The molecule has 174 valence electrons. The minimum atomic E-state index is -0.460.